The van der Waals surface area contributed by atoms with E-state index in [4.69, 9.17) is 9.47 Å². The van der Waals surface area contributed by atoms with Crippen molar-refractivity contribution in [3.8, 4) is 11.5 Å². The van der Waals surface area contributed by atoms with E-state index in [9.17, 15) is 22.4 Å². The van der Waals surface area contributed by atoms with Crippen LogP contribution in [0.1, 0.15) is 30.5 Å². The molecule has 0 aliphatic rings. The van der Waals surface area contributed by atoms with Crippen LogP contribution < -0.4 is 19.1 Å². The number of likely N-dealkylation sites (N-methyl/N-ethyl adjacent to an activating group) is 1. The van der Waals surface area contributed by atoms with Gasteiger partial charge in [-0.2, -0.15) is 0 Å². The van der Waals surface area contributed by atoms with Crippen molar-refractivity contribution in [3.63, 3.8) is 0 Å². The predicted molar refractivity (Wildman–Crippen MR) is 155 cm³/mol. The van der Waals surface area contributed by atoms with Gasteiger partial charge in [-0.05, 0) is 80.8 Å². The Labute approximate surface area is 240 Å². The smallest absolute Gasteiger partial charge is 0.264 e. The zero-order chi connectivity index (χ0) is 30.3. The molecule has 0 aromatic heterocycles. The lowest BCUT2D eigenvalue weighted by Crippen LogP contribution is -2.51. The molecular weight excluding hydrogens is 549 g/mol. The third-order valence-electron chi connectivity index (χ3n) is 6.50. The van der Waals surface area contributed by atoms with Crippen LogP contribution in [0.5, 0.6) is 11.5 Å². The highest BCUT2D eigenvalue weighted by Crippen LogP contribution is 2.33. The molecule has 3 aromatic carbocycles. The molecule has 220 valence electrons. The van der Waals surface area contributed by atoms with Crippen molar-refractivity contribution in [2.24, 2.45) is 0 Å². The summed E-state index contributed by atoms with van der Waals surface area (Å²) in [6, 6.07) is 14.1. The lowest BCUT2D eigenvalue weighted by Gasteiger charge is -2.32. The maximum absolute atomic E-state index is 14.1. The summed E-state index contributed by atoms with van der Waals surface area (Å²) in [6.45, 7) is 6.71. The molecule has 0 saturated heterocycles. The summed E-state index contributed by atoms with van der Waals surface area (Å²) in [7, 11) is -1.47. The minimum Gasteiger partial charge on any atom is -0.493 e. The summed E-state index contributed by atoms with van der Waals surface area (Å²) in [5, 5.41) is 2.70. The molecule has 0 heterocycles. The van der Waals surface area contributed by atoms with Crippen LogP contribution in [-0.2, 0) is 26.2 Å². The van der Waals surface area contributed by atoms with Crippen LogP contribution >= 0.6 is 0 Å². The van der Waals surface area contributed by atoms with Gasteiger partial charge in [0.25, 0.3) is 10.0 Å². The highest BCUT2D eigenvalue weighted by Gasteiger charge is 2.33. The number of benzene rings is 3. The van der Waals surface area contributed by atoms with E-state index in [1.165, 1.54) is 61.6 Å². The number of methoxy groups -OCH3 is 2. The number of nitrogens with one attached hydrogen (secondary N) is 1. The van der Waals surface area contributed by atoms with Crippen molar-refractivity contribution in [1.29, 1.82) is 0 Å². The number of halogens is 1. The van der Waals surface area contributed by atoms with Crippen LogP contribution in [0.3, 0.4) is 0 Å². The van der Waals surface area contributed by atoms with Crippen LogP contribution in [-0.4, -0.2) is 58.5 Å². The van der Waals surface area contributed by atoms with E-state index in [2.05, 4.69) is 5.32 Å². The number of nitrogens with zero attached hydrogens (tertiary/aromatic N) is 2. The third kappa shape index (κ3) is 7.55. The van der Waals surface area contributed by atoms with E-state index in [0.29, 0.717) is 17.9 Å². The molecule has 41 heavy (non-hydrogen) atoms. The van der Waals surface area contributed by atoms with Gasteiger partial charge in [-0.15, -0.1) is 0 Å². The van der Waals surface area contributed by atoms with Crippen molar-refractivity contribution in [2.75, 3.05) is 31.6 Å². The standard InChI is InChI=1S/C30H36FN3O6S/c1-7-32-30(36)22(4)33(18-23-8-10-24(31)11-9-23)29(35)19-34(25-15-20(2)14-21(3)16-25)41(37,38)26-12-13-27(39-5)28(17-26)40-6/h8-17,22H,7,18-19H2,1-6H3,(H,32,36)/t22-/m1/s1. The van der Waals surface area contributed by atoms with Crippen LogP contribution in [0.25, 0.3) is 0 Å². The van der Waals surface area contributed by atoms with Crippen molar-refractivity contribution >= 4 is 27.5 Å². The Morgan fingerprint density at radius 1 is 0.927 bits per heavy atom. The van der Waals surface area contributed by atoms with Gasteiger partial charge in [0.15, 0.2) is 11.5 Å². The maximum Gasteiger partial charge on any atom is 0.264 e. The number of hydrogen-bond acceptors (Lipinski definition) is 6. The van der Waals surface area contributed by atoms with Gasteiger partial charge >= 0.3 is 0 Å². The first-order chi connectivity index (χ1) is 19.4. The molecule has 2 amide bonds. The average molecular weight is 586 g/mol. The number of amides is 2. The molecule has 0 radical (unpaired) electrons. The molecule has 0 spiro atoms. The lowest BCUT2D eigenvalue weighted by atomic mass is 10.1. The molecule has 0 saturated carbocycles. The van der Waals surface area contributed by atoms with Gasteiger partial charge in [-0.1, -0.05) is 18.2 Å². The quantitative estimate of drug-likeness (QED) is 0.342. The Kier molecular flexibility index (Phi) is 10.3. The van der Waals surface area contributed by atoms with E-state index in [-0.39, 0.29) is 22.9 Å². The van der Waals surface area contributed by atoms with E-state index < -0.39 is 40.2 Å². The Bertz CT molecular complexity index is 1470. The Morgan fingerprint density at radius 3 is 2.10 bits per heavy atom. The fourth-order valence-corrected chi connectivity index (χ4v) is 5.83. The Morgan fingerprint density at radius 2 is 1.54 bits per heavy atom. The Balaban J connectivity index is 2.10. The number of anilines is 1. The fourth-order valence-electron chi connectivity index (χ4n) is 4.42. The SMILES string of the molecule is CCNC(=O)[C@@H](C)N(Cc1ccc(F)cc1)C(=O)CN(c1cc(C)cc(C)c1)S(=O)(=O)c1ccc(OC)c(OC)c1. The first kappa shape index (κ1) is 31.4. The van der Waals surface area contributed by atoms with Crippen molar-refractivity contribution in [2.45, 2.75) is 45.2 Å². The van der Waals surface area contributed by atoms with E-state index in [1.54, 1.807) is 26.0 Å². The van der Waals surface area contributed by atoms with Crippen LogP contribution in [0.2, 0.25) is 0 Å². The molecule has 0 bridgehead atoms. The van der Waals surface area contributed by atoms with Gasteiger partial charge in [0.05, 0.1) is 24.8 Å². The molecule has 0 aliphatic heterocycles. The largest absolute Gasteiger partial charge is 0.493 e. The van der Waals surface area contributed by atoms with Crippen LogP contribution in [0.4, 0.5) is 10.1 Å². The minimum absolute atomic E-state index is 0.0332. The zero-order valence-corrected chi connectivity index (χ0v) is 24.9. The second-order valence-electron chi connectivity index (χ2n) is 9.59. The first-order valence-corrected chi connectivity index (χ1v) is 14.5. The molecule has 0 unspecified atom stereocenters. The zero-order valence-electron chi connectivity index (χ0n) is 24.1. The van der Waals surface area contributed by atoms with E-state index >= 15 is 0 Å². The molecule has 11 heteroatoms. The van der Waals surface area contributed by atoms with E-state index in [0.717, 1.165) is 15.4 Å². The second kappa shape index (κ2) is 13.5. The summed E-state index contributed by atoms with van der Waals surface area (Å²) < 4.78 is 53.4. The lowest BCUT2D eigenvalue weighted by molar-refractivity contribution is -0.139. The van der Waals surface area contributed by atoms with Gasteiger partial charge in [0.1, 0.15) is 18.4 Å². The van der Waals surface area contributed by atoms with Crippen LogP contribution in [0, 0.1) is 19.7 Å². The van der Waals surface area contributed by atoms with Gasteiger partial charge in [0.2, 0.25) is 11.8 Å². The fraction of sp³-hybridized carbons (Fsp3) is 0.333. The van der Waals surface area contributed by atoms with Gasteiger partial charge in [-0.25, -0.2) is 12.8 Å². The number of sulfonamides is 1. The minimum atomic E-state index is -4.31. The highest BCUT2D eigenvalue weighted by atomic mass is 32.2. The number of aryl methyl sites for hydroxylation is 2. The summed E-state index contributed by atoms with van der Waals surface area (Å²) in [5.41, 5.74) is 2.48. The average Bonchev–Trinajstić information content (AvgIpc) is 2.94. The summed E-state index contributed by atoms with van der Waals surface area (Å²) in [4.78, 5) is 27.9. The molecule has 3 rings (SSSR count). The Hall–Kier alpha value is -4.12. The molecule has 9 nitrogen and oxygen atoms in total. The normalized spacial score (nSPS) is 11.9. The van der Waals surface area contributed by atoms with Crippen molar-refractivity contribution in [1.82, 2.24) is 10.2 Å². The highest BCUT2D eigenvalue weighted by molar-refractivity contribution is 7.92. The number of carbonyl (C=O) groups is 2. The number of carbonyl (C=O) groups excluding carboxylic acids is 2. The predicted octanol–water partition coefficient (Wildman–Crippen LogP) is 4.21. The number of ether oxygens (including phenoxy) is 2. The van der Waals surface area contributed by atoms with E-state index in [1.807, 2.05) is 19.9 Å². The molecular formula is C30H36FN3O6S. The molecule has 3 aromatic rings. The summed E-state index contributed by atoms with van der Waals surface area (Å²) in [5.74, 6) is -0.893. The van der Waals surface area contributed by atoms with Gasteiger partial charge in [0, 0.05) is 19.2 Å². The summed E-state index contributed by atoms with van der Waals surface area (Å²) >= 11 is 0. The van der Waals surface area contributed by atoms with Gasteiger partial charge < -0.3 is 19.7 Å². The van der Waals surface area contributed by atoms with Crippen molar-refractivity contribution in [3.05, 3.63) is 83.2 Å². The molecule has 1 atom stereocenters. The topological polar surface area (TPSA) is 105 Å². The molecule has 0 fully saturated rings. The van der Waals surface area contributed by atoms with Gasteiger partial charge in [-0.3, -0.25) is 13.9 Å². The van der Waals surface area contributed by atoms with Crippen LogP contribution in [0.15, 0.2) is 65.6 Å². The third-order valence-corrected chi connectivity index (χ3v) is 8.27. The molecule has 0 aliphatic carbocycles. The number of hydrogen-bond donors (Lipinski definition) is 1. The molecule has 1 N–H and O–H groups in total. The number of rotatable bonds is 12. The maximum atomic E-state index is 14.1. The monoisotopic (exact) mass is 585 g/mol. The second-order valence-corrected chi connectivity index (χ2v) is 11.5. The summed E-state index contributed by atoms with van der Waals surface area (Å²) in [6.07, 6.45) is 0. The van der Waals surface area contributed by atoms with Crippen molar-refractivity contribution < 1.29 is 31.9 Å². The first-order valence-electron chi connectivity index (χ1n) is 13.1.